The number of unbranched alkanes of at least 4 members (excludes halogenated alkanes) is 55. The average Bonchev–Trinajstić information content (AvgIpc) is 3.47. The highest BCUT2D eigenvalue weighted by Gasteiger charge is 2.20. The van der Waals surface area contributed by atoms with Crippen molar-refractivity contribution in [2.45, 2.75) is 431 Å². The van der Waals surface area contributed by atoms with Crippen molar-refractivity contribution in [3.63, 3.8) is 0 Å². The van der Waals surface area contributed by atoms with Crippen LogP contribution in [0.2, 0.25) is 0 Å². The van der Waals surface area contributed by atoms with Gasteiger partial charge in [0.05, 0.1) is 25.4 Å². The summed E-state index contributed by atoms with van der Waals surface area (Å²) in [6.07, 6.45) is 89.5. The molecule has 2 atom stereocenters. The van der Waals surface area contributed by atoms with Crippen LogP contribution in [0.25, 0.3) is 0 Å². The van der Waals surface area contributed by atoms with Crippen molar-refractivity contribution in [2.24, 2.45) is 0 Å². The monoisotopic (exact) mass is 1140 g/mol. The molecule has 0 rings (SSSR count). The number of hydrogen-bond donors (Lipinski definition) is 3. The van der Waals surface area contributed by atoms with Gasteiger partial charge in [-0.15, -0.1) is 0 Å². The minimum absolute atomic E-state index is 0.00795. The van der Waals surface area contributed by atoms with Crippen LogP contribution in [0.5, 0.6) is 0 Å². The van der Waals surface area contributed by atoms with E-state index in [1.54, 1.807) is 0 Å². The molecule has 0 saturated heterocycles. The van der Waals surface area contributed by atoms with Crippen LogP contribution >= 0.6 is 0 Å². The van der Waals surface area contributed by atoms with Crippen LogP contribution in [0.1, 0.15) is 418 Å². The van der Waals surface area contributed by atoms with Gasteiger partial charge in [0, 0.05) is 12.8 Å². The molecule has 0 heterocycles. The van der Waals surface area contributed by atoms with Crippen LogP contribution < -0.4 is 5.32 Å². The molecule has 1 amide bonds. The zero-order valence-corrected chi connectivity index (χ0v) is 55.0. The number of allylic oxidation sites excluding steroid dienone is 4. The van der Waals surface area contributed by atoms with Gasteiger partial charge in [-0.3, -0.25) is 9.59 Å². The van der Waals surface area contributed by atoms with Gasteiger partial charge in [-0.05, 0) is 77.0 Å². The molecule has 6 nitrogen and oxygen atoms in total. The smallest absolute Gasteiger partial charge is 0.305 e. The SMILES string of the molecule is CCCCCCCCC/C=C\CCCCCCCC(=O)OCCCCCCCCCCCCCC/C=C\CCCCCCCCCCCCC(=O)NC(CO)C(O)CCCCCCCCCCCCCCCCCCCCCCCC. The summed E-state index contributed by atoms with van der Waals surface area (Å²) >= 11 is 0. The molecule has 81 heavy (non-hydrogen) atoms. The molecular formula is C75H145NO5. The lowest BCUT2D eigenvalue weighted by Gasteiger charge is -2.22. The molecule has 2 unspecified atom stereocenters. The summed E-state index contributed by atoms with van der Waals surface area (Å²) in [5.41, 5.74) is 0. The minimum Gasteiger partial charge on any atom is -0.466 e. The molecule has 0 aliphatic carbocycles. The average molecular weight is 1140 g/mol. The first kappa shape index (κ1) is 79.3. The maximum atomic E-state index is 12.6. The van der Waals surface area contributed by atoms with Crippen LogP contribution in [0.3, 0.4) is 0 Å². The number of aliphatic hydroxyl groups is 2. The molecule has 0 aromatic heterocycles. The van der Waals surface area contributed by atoms with Gasteiger partial charge in [0.25, 0.3) is 0 Å². The Balaban J connectivity index is 3.39. The van der Waals surface area contributed by atoms with Crippen LogP contribution in [0.4, 0.5) is 0 Å². The number of ether oxygens (including phenoxy) is 1. The molecule has 6 heteroatoms. The summed E-state index contributed by atoms with van der Waals surface area (Å²) in [5, 5.41) is 23.4. The fourth-order valence-electron chi connectivity index (χ4n) is 11.8. The Bertz CT molecular complexity index is 1270. The summed E-state index contributed by atoms with van der Waals surface area (Å²) < 4.78 is 5.50. The lowest BCUT2D eigenvalue weighted by atomic mass is 10.0. The number of esters is 1. The van der Waals surface area contributed by atoms with Gasteiger partial charge >= 0.3 is 5.97 Å². The van der Waals surface area contributed by atoms with Crippen molar-refractivity contribution in [3.8, 4) is 0 Å². The van der Waals surface area contributed by atoms with Gasteiger partial charge in [-0.2, -0.15) is 0 Å². The van der Waals surface area contributed by atoms with Crippen LogP contribution in [-0.4, -0.2) is 47.4 Å². The van der Waals surface area contributed by atoms with Crippen molar-refractivity contribution in [1.82, 2.24) is 5.32 Å². The van der Waals surface area contributed by atoms with Crippen LogP contribution in [0, 0.1) is 0 Å². The number of amides is 1. The molecule has 0 bridgehead atoms. The summed E-state index contributed by atoms with van der Waals surface area (Å²) in [6, 6.07) is -0.544. The molecule has 0 fully saturated rings. The second kappa shape index (κ2) is 70.8. The number of carbonyl (C=O) groups is 2. The highest BCUT2D eigenvalue weighted by atomic mass is 16.5. The third-order valence-electron chi connectivity index (χ3n) is 17.5. The number of aliphatic hydroxyl groups excluding tert-OH is 2. The van der Waals surface area contributed by atoms with E-state index in [1.165, 1.54) is 340 Å². The number of nitrogens with one attached hydrogen (secondary N) is 1. The van der Waals surface area contributed by atoms with E-state index in [9.17, 15) is 19.8 Å². The summed E-state index contributed by atoms with van der Waals surface area (Å²) in [4.78, 5) is 24.6. The Morgan fingerprint density at radius 2 is 0.580 bits per heavy atom. The molecule has 0 aliphatic heterocycles. The zero-order chi connectivity index (χ0) is 58.5. The lowest BCUT2D eigenvalue weighted by molar-refractivity contribution is -0.143. The number of carbonyl (C=O) groups excluding carboxylic acids is 2. The number of hydrogen-bond acceptors (Lipinski definition) is 5. The molecule has 480 valence electrons. The predicted molar refractivity (Wildman–Crippen MR) is 356 cm³/mol. The molecule has 3 N–H and O–H groups in total. The molecular weight excluding hydrogens is 995 g/mol. The van der Waals surface area contributed by atoms with E-state index < -0.39 is 12.1 Å². The summed E-state index contributed by atoms with van der Waals surface area (Å²) in [7, 11) is 0. The Hall–Kier alpha value is -1.66. The van der Waals surface area contributed by atoms with Crippen LogP contribution in [0.15, 0.2) is 24.3 Å². The summed E-state index contributed by atoms with van der Waals surface area (Å²) in [5.74, 6) is -0.0241. The second-order valence-corrected chi connectivity index (χ2v) is 25.6. The maximum absolute atomic E-state index is 12.6. The molecule has 0 radical (unpaired) electrons. The second-order valence-electron chi connectivity index (χ2n) is 25.6. The summed E-state index contributed by atoms with van der Waals surface area (Å²) in [6.45, 7) is 4.99. The third kappa shape index (κ3) is 67.3. The normalized spacial score (nSPS) is 12.6. The van der Waals surface area contributed by atoms with Crippen molar-refractivity contribution in [1.29, 1.82) is 0 Å². The Kier molecular flexibility index (Phi) is 69.4. The molecule has 0 spiro atoms. The van der Waals surface area contributed by atoms with E-state index in [4.69, 9.17) is 4.74 Å². The predicted octanol–water partition coefficient (Wildman–Crippen LogP) is 24.1. The topological polar surface area (TPSA) is 95.9 Å². The first-order valence-electron chi connectivity index (χ1n) is 37.1. The van der Waals surface area contributed by atoms with E-state index >= 15 is 0 Å². The Morgan fingerprint density at radius 1 is 0.333 bits per heavy atom. The highest BCUT2D eigenvalue weighted by molar-refractivity contribution is 5.76. The Labute approximate surface area is 507 Å². The quantitative estimate of drug-likeness (QED) is 0.0320. The van der Waals surface area contributed by atoms with Gasteiger partial charge in [-0.1, -0.05) is 353 Å². The van der Waals surface area contributed by atoms with Crippen molar-refractivity contribution < 1.29 is 24.5 Å². The van der Waals surface area contributed by atoms with Gasteiger partial charge in [-0.25, -0.2) is 0 Å². The first-order valence-corrected chi connectivity index (χ1v) is 37.1. The van der Waals surface area contributed by atoms with E-state index in [-0.39, 0.29) is 18.5 Å². The van der Waals surface area contributed by atoms with Crippen LogP contribution in [-0.2, 0) is 14.3 Å². The molecule has 0 aromatic carbocycles. The Morgan fingerprint density at radius 3 is 0.877 bits per heavy atom. The van der Waals surface area contributed by atoms with Gasteiger partial charge < -0.3 is 20.3 Å². The van der Waals surface area contributed by atoms with E-state index in [0.29, 0.717) is 25.9 Å². The third-order valence-corrected chi connectivity index (χ3v) is 17.5. The molecule has 0 aliphatic rings. The fraction of sp³-hybridized carbons (Fsp3) is 0.920. The standard InChI is InChI=1S/C75H145NO5/c1-3-5-7-9-11-13-15-17-19-21-22-23-30-33-36-39-43-47-51-55-59-63-67-73(78)72(71-77)76-74(79)68-64-60-56-52-48-44-40-37-34-31-28-26-24-25-27-29-32-35-38-42-46-50-54-58-62-66-70-81-75(80)69-65-61-57-53-49-45-41-20-18-16-14-12-10-8-6-4-2/h20,24,26,41,72-73,77-78H,3-19,21-23,25,27-40,42-71H2,1-2H3,(H,76,79)/b26-24-,41-20-. The molecule has 0 aromatic rings. The number of rotatable bonds is 70. The van der Waals surface area contributed by atoms with E-state index in [2.05, 4.69) is 43.5 Å². The van der Waals surface area contributed by atoms with Crippen molar-refractivity contribution >= 4 is 11.9 Å². The first-order chi connectivity index (χ1) is 40.0. The van der Waals surface area contributed by atoms with Crippen molar-refractivity contribution in [3.05, 3.63) is 24.3 Å². The van der Waals surface area contributed by atoms with Crippen molar-refractivity contribution in [2.75, 3.05) is 13.2 Å². The van der Waals surface area contributed by atoms with E-state index in [1.807, 2.05) is 0 Å². The largest absolute Gasteiger partial charge is 0.466 e. The molecule has 0 saturated carbocycles. The van der Waals surface area contributed by atoms with Gasteiger partial charge in [0.15, 0.2) is 0 Å². The zero-order valence-electron chi connectivity index (χ0n) is 55.0. The van der Waals surface area contributed by atoms with Gasteiger partial charge in [0.2, 0.25) is 5.91 Å². The van der Waals surface area contributed by atoms with Gasteiger partial charge in [0.1, 0.15) is 0 Å². The fourth-order valence-corrected chi connectivity index (χ4v) is 11.8. The highest BCUT2D eigenvalue weighted by Crippen LogP contribution is 2.19. The van der Waals surface area contributed by atoms with E-state index in [0.717, 1.165) is 44.9 Å². The minimum atomic E-state index is -0.667. The lowest BCUT2D eigenvalue weighted by Crippen LogP contribution is -2.45. The maximum Gasteiger partial charge on any atom is 0.305 e.